The van der Waals surface area contributed by atoms with Crippen LogP contribution in [0, 0.1) is 17.3 Å². The summed E-state index contributed by atoms with van der Waals surface area (Å²) in [5.74, 6) is -1.54. The number of aromatic nitrogens is 1. The fourth-order valence-corrected chi connectivity index (χ4v) is 5.88. The summed E-state index contributed by atoms with van der Waals surface area (Å²) in [7, 11) is 0. The fraction of sp³-hybridized carbons (Fsp3) is 0.750. The highest BCUT2D eigenvalue weighted by atomic mass is 32.1. The molecule has 0 aromatic carbocycles. The number of carbonyl (C=O) groups excluding carboxylic acids is 2. The predicted octanol–water partition coefficient (Wildman–Crippen LogP) is 4.73. The van der Waals surface area contributed by atoms with Gasteiger partial charge in [0, 0.05) is 17.7 Å². The van der Waals surface area contributed by atoms with Gasteiger partial charge in [-0.05, 0) is 50.7 Å². The first-order valence-electron chi connectivity index (χ1n) is 13.2. The highest BCUT2D eigenvalue weighted by molar-refractivity contribution is 7.09. The predicted molar refractivity (Wildman–Crippen MR) is 141 cm³/mol. The zero-order valence-corrected chi connectivity index (χ0v) is 23.6. The van der Waals surface area contributed by atoms with Crippen LogP contribution >= 0.6 is 11.3 Å². The number of rotatable bonds is 3. The maximum absolute atomic E-state index is 13.2. The van der Waals surface area contributed by atoms with E-state index in [2.05, 4.69) is 18.8 Å². The van der Waals surface area contributed by atoms with E-state index in [9.17, 15) is 19.8 Å². The van der Waals surface area contributed by atoms with Crippen molar-refractivity contribution in [2.75, 3.05) is 0 Å². The van der Waals surface area contributed by atoms with Crippen molar-refractivity contribution >= 4 is 29.2 Å². The number of Topliss-reactive ketones (excluding diaryl/α,β-unsaturated/α-hetero) is 1. The van der Waals surface area contributed by atoms with Gasteiger partial charge in [-0.1, -0.05) is 41.0 Å². The molecule has 0 bridgehead atoms. The molecule has 36 heavy (non-hydrogen) atoms. The van der Waals surface area contributed by atoms with Crippen LogP contribution in [0.3, 0.4) is 0 Å². The topological polar surface area (TPSA) is 109 Å². The summed E-state index contributed by atoms with van der Waals surface area (Å²) in [6.45, 7) is 13.0. The van der Waals surface area contributed by atoms with Gasteiger partial charge in [-0.3, -0.25) is 9.59 Å². The molecule has 3 heterocycles. The van der Waals surface area contributed by atoms with E-state index in [-0.39, 0.29) is 29.8 Å². The third-order valence-electron chi connectivity index (χ3n) is 8.16. The third kappa shape index (κ3) is 6.63. The quantitative estimate of drug-likeness (QED) is 0.437. The molecule has 0 amide bonds. The summed E-state index contributed by atoms with van der Waals surface area (Å²) in [5.41, 5.74) is 0.202. The number of fused-ring (bicyclic) bond motifs is 1. The number of nitrogens with zero attached hydrogens (tertiary/aromatic N) is 1. The number of hydrogen-bond donors (Lipinski definition) is 2. The molecule has 7 unspecified atom stereocenters. The van der Waals surface area contributed by atoms with Gasteiger partial charge in [-0.25, -0.2) is 4.98 Å². The molecule has 2 N–H and O–H groups in total. The average molecular weight is 522 g/mol. The maximum atomic E-state index is 13.2. The van der Waals surface area contributed by atoms with Crippen LogP contribution in [0.15, 0.2) is 11.0 Å². The van der Waals surface area contributed by atoms with Gasteiger partial charge in [0.05, 0.1) is 46.5 Å². The lowest BCUT2D eigenvalue weighted by Gasteiger charge is -2.34. The lowest BCUT2D eigenvalue weighted by atomic mass is 9.73. The number of thiazole rings is 1. The number of aryl methyl sites for hydroxylation is 1. The molecule has 2 saturated heterocycles. The number of hydrogen-bond acceptors (Lipinski definition) is 8. The number of ether oxygens (including phenoxy) is 2. The monoisotopic (exact) mass is 521 g/mol. The van der Waals surface area contributed by atoms with E-state index >= 15 is 0 Å². The molecule has 0 saturated carbocycles. The molecule has 2 aliphatic rings. The van der Waals surface area contributed by atoms with Crippen molar-refractivity contribution in [2.24, 2.45) is 17.3 Å². The van der Waals surface area contributed by atoms with E-state index in [1.165, 1.54) is 0 Å². The lowest BCUT2D eigenvalue weighted by molar-refractivity contribution is -0.154. The van der Waals surface area contributed by atoms with Crippen molar-refractivity contribution in [3.63, 3.8) is 0 Å². The molecular formula is C28H43NO6S. The molecule has 7 nitrogen and oxygen atoms in total. The molecule has 2 fully saturated rings. The van der Waals surface area contributed by atoms with Crippen molar-refractivity contribution in [3.8, 4) is 0 Å². The summed E-state index contributed by atoms with van der Waals surface area (Å²) in [4.78, 5) is 30.8. The Kier molecular flexibility index (Phi) is 9.18. The van der Waals surface area contributed by atoms with Gasteiger partial charge >= 0.3 is 5.97 Å². The summed E-state index contributed by atoms with van der Waals surface area (Å²) in [5, 5.41) is 24.8. The first-order chi connectivity index (χ1) is 16.8. The van der Waals surface area contributed by atoms with E-state index in [4.69, 9.17) is 9.47 Å². The molecule has 202 valence electrons. The molecule has 1 aromatic heterocycles. The SMILES string of the molecule is CCc1nc(/C=C(\C)C2CC3OC3(C)CCCC(C)C(O)C(C)C(=O)C(C)(C)C(O)CC(=O)O2)cs1. The molecule has 0 aliphatic carbocycles. The van der Waals surface area contributed by atoms with Crippen LogP contribution in [0.2, 0.25) is 0 Å². The minimum absolute atomic E-state index is 0.0460. The minimum Gasteiger partial charge on any atom is -0.458 e. The highest BCUT2D eigenvalue weighted by Gasteiger charge is 2.53. The normalized spacial score (nSPS) is 36.8. The van der Waals surface area contributed by atoms with Gasteiger partial charge in [0.2, 0.25) is 0 Å². The van der Waals surface area contributed by atoms with E-state index in [0.717, 1.165) is 42.0 Å². The summed E-state index contributed by atoms with van der Waals surface area (Å²) in [6.07, 6.45) is 2.87. The summed E-state index contributed by atoms with van der Waals surface area (Å²) >= 11 is 1.60. The Hall–Kier alpha value is -1.61. The van der Waals surface area contributed by atoms with Crippen LogP contribution in [-0.4, -0.2) is 57.0 Å². The summed E-state index contributed by atoms with van der Waals surface area (Å²) < 4.78 is 12.0. The first-order valence-corrected chi connectivity index (χ1v) is 14.1. The minimum atomic E-state index is -1.23. The molecule has 7 atom stereocenters. The zero-order valence-electron chi connectivity index (χ0n) is 22.7. The molecule has 2 aliphatic heterocycles. The largest absolute Gasteiger partial charge is 0.458 e. The van der Waals surface area contributed by atoms with Crippen LogP contribution < -0.4 is 0 Å². The Morgan fingerprint density at radius 2 is 1.94 bits per heavy atom. The van der Waals surface area contributed by atoms with E-state index in [1.54, 1.807) is 32.1 Å². The second kappa shape index (κ2) is 11.4. The zero-order chi connectivity index (χ0) is 26.8. The highest BCUT2D eigenvalue weighted by Crippen LogP contribution is 2.45. The van der Waals surface area contributed by atoms with E-state index < -0.39 is 35.6 Å². The number of carbonyl (C=O) groups is 2. The van der Waals surface area contributed by atoms with Gasteiger partial charge in [-0.15, -0.1) is 11.3 Å². The third-order valence-corrected chi connectivity index (χ3v) is 9.17. The van der Waals surface area contributed by atoms with Gasteiger partial charge in [0.1, 0.15) is 11.9 Å². The smallest absolute Gasteiger partial charge is 0.309 e. The maximum Gasteiger partial charge on any atom is 0.309 e. The Labute approximate surface area is 219 Å². The van der Waals surface area contributed by atoms with Crippen molar-refractivity contribution < 1.29 is 29.3 Å². The second-order valence-corrected chi connectivity index (χ2v) is 12.4. The molecule has 3 rings (SSSR count). The number of epoxide rings is 1. The second-order valence-electron chi connectivity index (χ2n) is 11.5. The molecule has 0 radical (unpaired) electrons. The van der Waals surface area contributed by atoms with Crippen LogP contribution in [0.4, 0.5) is 0 Å². The van der Waals surface area contributed by atoms with Crippen molar-refractivity contribution in [2.45, 2.75) is 117 Å². The standard InChI is InChI=1S/C28H43NO6S/c1-8-23-29-19(15-36-23)12-17(3)20-13-22-28(7,35-22)11-9-10-16(2)25(32)18(4)26(33)27(5,6)21(30)14-24(31)34-20/h12,15-16,18,20-22,25,30,32H,8-11,13-14H2,1-7H3/b17-12+. The van der Waals surface area contributed by atoms with Crippen molar-refractivity contribution in [1.82, 2.24) is 4.98 Å². The van der Waals surface area contributed by atoms with Crippen LogP contribution in [0.1, 0.15) is 91.3 Å². The molecule has 8 heteroatoms. The first kappa shape index (κ1) is 29.0. The van der Waals surface area contributed by atoms with Crippen molar-refractivity contribution in [1.29, 1.82) is 0 Å². The van der Waals surface area contributed by atoms with Crippen LogP contribution in [0.25, 0.3) is 6.08 Å². The van der Waals surface area contributed by atoms with Crippen LogP contribution in [-0.2, 0) is 25.5 Å². The Balaban J connectivity index is 1.85. The van der Waals surface area contributed by atoms with Crippen molar-refractivity contribution in [3.05, 3.63) is 21.7 Å². The average Bonchev–Trinajstić information content (AvgIpc) is 3.23. The van der Waals surface area contributed by atoms with Gasteiger partial charge in [-0.2, -0.15) is 0 Å². The van der Waals surface area contributed by atoms with Gasteiger partial charge in [0.25, 0.3) is 0 Å². The number of cyclic esters (lactones) is 1. The number of esters is 1. The number of aliphatic hydroxyl groups is 2. The number of ketones is 1. The Morgan fingerprint density at radius 1 is 1.25 bits per heavy atom. The van der Waals surface area contributed by atoms with Gasteiger partial charge in [0.15, 0.2) is 0 Å². The van der Waals surface area contributed by atoms with Crippen LogP contribution in [0.5, 0.6) is 0 Å². The molecular weight excluding hydrogens is 478 g/mol. The lowest BCUT2D eigenvalue weighted by Crippen LogP contribution is -2.45. The Morgan fingerprint density at radius 3 is 2.58 bits per heavy atom. The molecule has 1 aromatic rings. The van der Waals surface area contributed by atoms with E-state index in [0.29, 0.717) is 6.42 Å². The van der Waals surface area contributed by atoms with E-state index in [1.807, 2.05) is 25.3 Å². The summed E-state index contributed by atoms with van der Waals surface area (Å²) in [6, 6.07) is 0. The Bertz CT molecular complexity index is 971. The fourth-order valence-electron chi connectivity index (χ4n) is 5.17. The number of aliphatic hydroxyl groups excluding tert-OH is 2. The van der Waals surface area contributed by atoms with Gasteiger partial charge < -0.3 is 19.7 Å². The molecule has 0 spiro atoms.